The number of hydrogen-bond donors (Lipinski definition) is 1. The summed E-state index contributed by atoms with van der Waals surface area (Å²) in [5, 5.41) is 8.43. The smallest absolute Gasteiger partial charge is 0.311 e. The van der Waals surface area contributed by atoms with Crippen molar-refractivity contribution in [2.45, 2.75) is 19.8 Å². The van der Waals surface area contributed by atoms with Crippen LogP contribution in [-0.2, 0) is 9.59 Å². The number of carboxylic acids is 1. The standard InChI is InChI=1S/C12H14O5/c1-8-3-4-9(10(7-8)16-2)17-12(15)6-5-11(13)14/h3-4,7H,5-6H2,1-2H3,(H,13,14). The summed E-state index contributed by atoms with van der Waals surface area (Å²) in [6.07, 6.45) is -0.403. The molecule has 5 nitrogen and oxygen atoms in total. The molecule has 0 aromatic heterocycles. The SMILES string of the molecule is COc1cc(C)ccc1OC(=O)CCC(=O)O. The number of ether oxygens (including phenoxy) is 2. The molecule has 1 aromatic rings. The summed E-state index contributed by atoms with van der Waals surface area (Å²) in [6, 6.07) is 5.13. The molecule has 0 amide bonds. The van der Waals surface area contributed by atoms with E-state index < -0.39 is 11.9 Å². The molecule has 0 atom stereocenters. The molecule has 1 rings (SSSR count). The molecule has 0 aliphatic rings. The van der Waals surface area contributed by atoms with Crippen molar-refractivity contribution >= 4 is 11.9 Å². The molecular weight excluding hydrogens is 224 g/mol. The van der Waals surface area contributed by atoms with E-state index in [-0.39, 0.29) is 12.8 Å². The molecule has 5 heteroatoms. The Hall–Kier alpha value is -2.04. The first-order chi connectivity index (χ1) is 8.02. The molecule has 0 radical (unpaired) electrons. The molecule has 0 saturated heterocycles. The van der Waals surface area contributed by atoms with E-state index in [2.05, 4.69) is 0 Å². The van der Waals surface area contributed by atoms with Gasteiger partial charge in [-0.05, 0) is 24.6 Å². The van der Waals surface area contributed by atoms with Crippen molar-refractivity contribution < 1.29 is 24.2 Å². The van der Waals surface area contributed by atoms with E-state index in [1.165, 1.54) is 7.11 Å². The number of benzene rings is 1. The Bertz CT molecular complexity index is 425. The van der Waals surface area contributed by atoms with E-state index >= 15 is 0 Å². The lowest BCUT2D eigenvalue weighted by Crippen LogP contribution is -2.10. The van der Waals surface area contributed by atoms with Gasteiger partial charge in [-0.2, -0.15) is 0 Å². The highest BCUT2D eigenvalue weighted by Gasteiger charge is 2.11. The van der Waals surface area contributed by atoms with Gasteiger partial charge in [-0.25, -0.2) is 0 Å². The molecule has 17 heavy (non-hydrogen) atoms. The quantitative estimate of drug-likeness (QED) is 0.625. The summed E-state index contributed by atoms with van der Waals surface area (Å²) in [6.45, 7) is 1.89. The van der Waals surface area contributed by atoms with Gasteiger partial charge in [-0.3, -0.25) is 9.59 Å². The molecule has 0 aliphatic carbocycles. The largest absolute Gasteiger partial charge is 0.493 e. The Labute approximate surface area is 99.0 Å². The fraction of sp³-hybridized carbons (Fsp3) is 0.333. The van der Waals surface area contributed by atoms with Crippen LogP contribution < -0.4 is 9.47 Å². The van der Waals surface area contributed by atoms with Crippen LogP contribution in [0.15, 0.2) is 18.2 Å². The molecule has 0 fully saturated rings. The molecule has 0 saturated carbocycles. The number of carbonyl (C=O) groups excluding carboxylic acids is 1. The van der Waals surface area contributed by atoms with Crippen LogP contribution in [0.4, 0.5) is 0 Å². The maximum Gasteiger partial charge on any atom is 0.311 e. The molecule has 1 aromatic carbocycles. The Balaban J connectivity index is 2.67. The van der Waals surface area contributed by atoms with Crippen molar-refractivity contribution in [3.8, 4) is 11.5 Å². The highest BCUT2D eigenvalue weighted by Crippen LogP contribution is 2.28. The molecule has 0 heterocycles. The molecule has 0 bridgehead atoms. The summed E-state index contributed by atoms with van der Waals surface area (Å²) >= 11 is 0. The van der Waals surface area contributed by atoms with Gasteiger partial charge >= 0.3 is 11.9 Å². The van der Waals surface area contributed by atoms with E-state index in [1.807, 2.05) is 6.92 Å². The van der Waals surface area contributed by atoms with Gasteiger partial charge < -0.3 is 14.6 Å². The monoisotopic (exact) mass is 238 g/mol. The molecule has 0 spiro atoms. The van der Waals surface area contributed by atoms with Gasteiger partial charge in [0.2, 0.25) is 0 Å². The molecule has 1 N–H and O–H groups in total. The maximum atomic E-state index is 11.3. The van der Waals surface area contributed by atoms with Crippen molar-refractivity contribution in [2.24, 2.45) is 0 Å². The number of hydrogen-bond acceptors (Lipinski definition) is 4. The van der Waals surface area contributed by atoms with E-state index in [0.717, 1.165) is 5.56 Å². The first-order valence-electron chi connectivity index (χ1n) is 5.10. The maximum absolute atomic E-state index is 11.3. The summed E-state index contributed by atoms with van der Waals surface area (Å²) in [5.74, 6) is -0.866. The molecular formula is C12H14O5. The summed E-state index contributed by atoms with van der Waals surface area (Å²) < 4.78 is 10.1. The Morgan fingerprint density at radius 3 is 2.53 bits per heavy atom. The zero-order valence-corrected chi connectivity index (χ0v) is 9.73. The van der Waals surface area contributed by atoms with Gasteiger partial charge in [-0.1, -0.05) is 6.07 Å². The van der Waals surface area contributed by atoms with Gasteiger partial charge in [0.05, 0.1) is 20.0 Å². The molecule has 0 unspecified atom stereocenters. The normalized spacial score (nSPS) is 9.76. The second-order valence-electron chi connectivity index (χ2n) is 3.52. The van der Waals surface area contributed by atoms with E-state index in [9.17, 15) is 9.59 Å². The van der Waals surface area contributed by atoms with Gasteiger partial charge in [0.15, 0.2) is 11.5 Å². The highest BCUT2D eigenvalue weighted by molar-refractivity contribution is 5.78. The van der Waals surface area contributed by atoms with Crippen LogP contribution in [0.5, 0.6) is 11.5 Å². The molecule has 0 aliphatic heterocycles. The van der Waals surface area contributed by atoms with Gasteiger partial charge in [0.1, 0.15) is 0 Å². The zero-order valence-electron chi connectivity index (χ0n) is 9.73. The number of aliphatic carboxylic acids is 1. The lowest BCUT2D eigenvalue weighted by molar-refractivity contribution is -0.142. The lowest BCUT2D eigenvalue weighted by atomic mass is 10.2. The van der Waals surface area contributed by atoms with Crippen LogP contribution in [0.2, 0.25) is 0 Å². The third kappa shape index (κ3) is 4.14. The van der Waals surface area contributed by atoms with Crippen LogP contribution in [0.25, 0.3) is 0 Å². The van der Waals surface area contributed by atoms with Gasteiger partial charge in [0, 0.05) is 0 Å². The third-order valence-electron chi connectivity index (χ3n) is 2.09. The number of methoxy groups -OCH3 is 1. The number of rotatable bonds is 5. The topological polar surface area (TPSA) is 72.8 Å². The summed E-state index contributed by atoms with van der Waals surface area (Å²) in [4.78, 5) is 21.6. The fourth-order valence-corrected chi connectivity index (χ4v) is 1.24. The number of aryl methyl sites for hydroxylation is 1. The second kappa shape index (κ2) is 5.89. The third-order valence-corrected chi connectivity index (χ3v) is 2.09. The average molecular weight is 238 g/mol. The minimum Gasteiger partial charge on any atom is -0.493 e. The fourth-order valence-electron chi connectivity index (χ4n) is 1.24. The predicted molar refractivity (Wildman–Crippen MR) is 60.2 cm³/mol. The first kappa shape index (κ1) is 13.0. The van der Waals surface area contributed by atoms with Crippen LogP contribution in [0, 0.1) is 6.92 Å². The highest BCUT2D eigenvalue weighted by atomic mass is 16.6. The minimum absolute atomic E-state index is 0.160. The minimum atomic E-state index is -1.03. The average Bonchev–Trinajstić information content (AvgIpc) is 2.28. The number of carboxylic acid groups (broad SMARTS) is 1. The van der Waals surface area contributed by atoms with Crippen LogP contribution in [0.3, 0.4) is 0 Å². The van der Waals surface area contributed by atoms with Gasteiger partial charge in [0.25, 0.3) is 0 Å². The van der Waals surface area contributed by atoms with E-state index in [1.54, 1.807) is 18.2 Å². The van der Waals surface area contributed by atoms with E-state index in [4.69, 9.17) is 14.6 Å². The van der Waals surface area contributed by atoms with Crippen molar-refractivity contribution in [1.29, 1.82) is 0 Å². The van der Waals surface area contributed by atoms with Crippen molar-refractivity contribution in [2.75, 3.05) is 7.11 Å². The van der Waals surface area contributed by atoms with Crippen molar-refractivity contribution in [3.05, 3.63) is 23.8 Å². The van der Waals surface area contributed by atoms with Crippen molar-refractivity contribution in [1.82, 2.24) is 0 Å². The first-order valence-corrected chi connectivity index (χ1v) is 5.10. The predicted octanol–water partition coefficient (Wildman–Crippen LogP) is 1.77. The lowest BCUT2D eigenvalue weighted by Gasteiger charge is -2.09. The second-order valence-corrected chi connectivity index (χ2v) is 3.52. The van der Waals surface area contributed by atoms with Crippen LogP contribution in [0.1, 0.15) is 18.4 Å². The van der Waals surface area contributed by atoms with E-state index in [0.29, 0.717) is 11.5 Å². The Morgan fingerprint density at radius 1 is 1.24 bits per heavy atom. The summed E-state index contributed by atoms with van der Waals surface area (Å²) in [7, 11) is 1.48. The Morgan fingerprint density at radius 2 is 1.94 bits per heavy atom. The van der Waals surface area contributed by atoms with Crippen LogP contribution in [-0.4, -0.2) is 24.2 Å². The summed E-state index contributed by atoms with van der Waals surface area (Å²) in [5.41, 5.74) is 0.979. The zero-order chi connectivity index (χ0) is 12.8. The molecule has 92 valence electrons. The van der Waals surface area contributed by atoms with Gasteiger partial charge in [-0.15, -0.1) is 0 Å². The Kier molecular flexibility index (Phi) is 4.51. The number of carbonyl (C=O) groups is 2. The van der Waals surface area contributed by atoms with Crippen LogP contribution >= 0.6 is 0 Å². The van der Waals surface area contributed by atoms with Crippen molar-refractivity contribution in [3.63, 3.8) is 0 Å². The number of esters is 1.